The molecule has 0 aromatic rings. The maximum atomic E-state index is 6.39. The Bertz CT molecular complexity index is 225. The van der Waals surface area contributed by atoms with Crippen LogP contribution in [0.25, 0.3) is 0 Å². The number of nitrogens with zero attached hydrogens (tertiary/aromatic N) is 1. The highest BCUT2D eigenvalue weighted by Crippen LogP contribution is 2.39. The highest BCUT2D eigenvalue weighted by atomic mass is 15.2. The van der Waals surface area contributed by atoms with Crippen molar-refractivity contribution < 1.29 is 0 Å². The standard InChI is InChI=1S/C13H26N2/c1-10-5-4-8-15(9-10)11-6-7-13(2,3)12(11)14/h10-12H,4-9,14H2,1-3H3. The van der Waals surface area contributed by atoms with Crippen LogP contribution in [-0.2, 0) is 0 Å². The zero-order valence-corrected chi connectivity index (χ0v) is 10.5. The molecule has 0 radical (unpaired) electrons. The Balaban J connectivity index is 1.99. The zero-order valence-electron chi connectivity index (χ0n) is 10.5. The maximum Gasteiger partial charge on any atom is 0.0252 e. The average Bonchev–Trinajstić information content (AvgIpc) is 2.42. The van der Waals surface area contributed by atoms with Crippen molar-refractivity contribution in [2.75, 3.05) is 13.1 Å². The molecule has 2 N–H and O–H groups in total. The summed E-state index contributed by atoms with van der Waals surface area (Å²) in [5.41, 5.74) is 6.74. The molecule has 0 amide bonds. The number of likely N-dealkylation sites (tertiary alicyclic amines) is 1. The predicted octanol–water partition coefficient (Wildman–Crippen LogP) is 2.23. The summed E-state index contributed by atoms with van der Waals surface area (Å²) in [6.45, 7) is 9.57. The van der Waals surface area contributed by atoms with Gasteiger partial charge < -0.3 is 5.73 Å². The van der Waals surface area contributed by atoms with Crippen LogP contribution in [0.3, 0.4) is 0 Å². The lowest BCUT2D eigenvalue weighted by molar-refractivity contribution is 0.111. The van der Waals surface area contributed by atoms with Gasteiger partial charge in [-0.25, -0.2) is 0 Å². The van der Waals surface area contributed by atoms with Gasteiger partial charge in [-0.3, -0.25) is 4.90 Å². The highest BCUT2D eigenvalue weighted by molar-refractivity contribution is 4.99. The van der Waals surface area contributed by atoms with Gasteiger partial charge in [-0.1, -0.05) is 20.8 Å². The Morgan fingerprint density at radius 3 is 2.53 bits per heavy atom. The Hall–Kier alpha value is -0.0800. The second-order valence-corrected chi connectivity index (χ2v) is 6.36. The molecule has 15 heavy (non-hydrogen) atoms. The van der Waals surface area contributed by atoms with E-state index in [1.165, 1.54) is 38.8 Å². The second kappa shape index (κ2) is 4.06. The lowest BCUT2D eigenvalue weighted by Crippen LogP contribution is -2.51. The van der Waals surface area contributed by atoms with Crippen LogP contribution in [0, 0.1) is 11.3 Å². The molecule has 2 heteroatoms. The maximum absolute atomic E-state index is 6.39. The summed E-state index contributed by atoms with van der Waals surface area (Å²) in [5.74, 6) is 0.870. The van der Waals surface area contributed by atoms with Crippen molar-refractivity contribution in [1.29, 1.82) is 0 Å². The summed E-state index contributed by atoms with van der Waals surface area (Å²) in [5, 5.41) is 0. The molecule has 2 rings (SSSR count). The van der Waals surface area contributed by atoms with Gasteiger partial charge in [-0.15, -0.1) is 0 Å². The molecular weight excluding hydrogens is 184 g/mol. The third kappa shape index (κ3) is 2.21. The fourth-order valence-corrected chi connectivity index (χ4v) is 3.32. The zero-order chi connectivity index (χ0) is 11.1. The first kappa shape index (κ1) is 11.4. The van der Waals surface area contributed by atoms with E-state index in [-0.39, 0.29) is 0 Å². The van der Waals surface area contributed by atoms with E-state index in [1.807, 2.05) is 0 Å². The molecule has 88 valence electrons. The van der Waals surface area contributed by atoms with Crippen LogP contribution in [-0.4, -0.2) is 30.1 Å². The summed E-state index contributed by atoms with van der Waals surface area (Å²) in [6, 6.07) is 1.03. The van der Waals surface area contributed by atoms with E-state index in [9.17, 15) is 0 Å². The van der Waals surface area contributed by atoms with E-state index >= 15 is 0 Å². The molecular formula is C13H26N2. The average molecular weight is 210 g/mol. The normalized spacial score (nSPS) is 42.0. The highest BCUT2D eigenvalue weighted by Gasteiger charge is 2.42. The van der Waals surface area contributed by atoms with Crippen molar-refractivity contribution in [3.05, 3.63) is 0 Å². The molecule has 2 fully saturated rings. The van der Waals surface area contributed by atoms with Crippen LogP contribution in [0.2, 0.25) is 0 Å². The monoisotopic (exact) mass is 210 g/mol. The van der Waals surface area contributed by atoms with E-state index in [1.54, 1.807) is 0 Å². The van der Waals surface area contributed by atoms with E-state index in [2.05, 4.69) is 25.7 Å². The van der Waals surface area contributed by atoms with Crippen molar-refractivity contribution >= 4 is 0 Å². The Morgan fingerprint density at radius 1 is 1.27 bits per heavy atom. The van der Waals surface area contributed by atoms with Gasteiger partial charge in [0.15, 0.2) is 0 Å². The molecule has 1 aliphatic heterocycles. The van der Waals surface area contributed by atoms with Gasteiger partial charge in [-0.2, -0.15) is 0 Å². The van der Waals surface area contributed by atoms with Crippen molar-refractivity contribution in [2.24, 2.45) is 17.1 Å². The van der Waals surface area contributed by atoms with Gasteiger partial charge in [0.2, 0.25) is 0 Å². The molecule has 0 spiro atoms. The minimum absolute atomic E-state index is 0.353. The molecule has 2 nitrogen and oxygen atoms in total. The van der Waals surface area contributed by atoms with Crippen LogP contribution in [0.4, 0.5) is 0 Å². The van der Waals surface area contributed by atoms with Crippen LogP contribution in [0.1, 0.15) is 46.5 Å². The lowest BCUT2D eigenvalue weighted by Gasteiger charge is -2.39. The number of piperidine rings is 1. The van der Waals surface area contributed by atoms with Gasteiger partial charge in [-0.05, 0) is 43.6 Å². The molecule has 0 bridgehead atoms. The first-order valence-electron chi connectivity index (χ1n) is 6.50. The van der Waals surface area contributed by atoms with Crippen LogP contribution in [0.15, 0.2) is 0 Å². The fraction of sp³-hybridized carbons (Fsp3) is 1.00. The van der Waals surface area contributed by atoms with E-state index in [0.29, 0.717) is 17.5 Å². The molecule has 3 atom stereocenters. The van der Waals surface area contributed by atoms with Crippen LogP contribution in [0.5, 0.6) is 0 Å². The lowest BCUT2D eigenvalue weighted by atomic mass is 9.86. The molecule has 0 aromatic heterocycles. The van der Waals surface area contributed by atoms with Crippen molar-refractivity contribution in [1.82, 2.24) is 4.90 Å². The summed E-state index contributed by atoms with van der Waals surface area (Å²) in [7, 11) is 0. The molecule has 1 heterocycles. The van der Waals surface area contributed by atoms with Crippen molar-refractivity contribution in [3.8, 4) is 0 Å². The quantitative estimate of drug-likeness (QED) is 0.719. The fourth-order valence-electron chi connectivity index (χ4n) is 3.32. The smallest absolute Gasteiger partial charge is 0.0252 e. The summed E-state index contributed by atoms with van der Waals surface area (Å²) in [6.07, 6.45) is 5.37. The Labute approximate surface area is 94.2 Å². The van der Waals surface area contributed by atoms with Crippen molar-refractivity contribution in [3.63, 3.8) is 0 Å². The van der Waals surface area contributed by atoms with Crippen molar-refractivity contribution in [2.45, 2.75) is 58.5 Å². The number of rotatable bonds is 1. The summed E-state index contributed by atoms with van der Waals surface area (Å²) in [4.78, 5) is 2.66. The Morgan fingerprint density at radius 2 is 2.00 bits per heavy atom. The first-order valence-corrected chi connectivity index (χ1v) is 6.50. The van der Waals surface area contributed by atoms with E-state index < -0.39 is 0 Å². The molecule has 1 saturated heterocycles. The third-order valence-corrected chi connectivity index (χ3v) is 4.56. The molecule has 3 unspecified atom stereocenters. The minimum atomic E-state index is 0.353. The van der Waals surface area contributed by atoms with Crippen LogP contribution < -0.4 is 5.73 Å². The first-order chi connectivity index (χ1) is 7.00. The Kier molecular flexibility index (Phi) is 3.09. The number of hydrogen-bond donors (Lipinski definition) is 1. The number of nitrogens with two attached hydrogens (primary N) is 1. The largest absolute Gasteiger partial charge is 0.326 e. The van der Waals surface area contributed by atoms with Gasteiger partial charge in [0.1, 0.15) is 0 Å². The van der Waals surface area contributed by atoms with E-state index in [4.69, 9.17) is 5.73 Å². The SMILES string of the molecule is CC1CCCN(C2CCC(C)(C)C2N)C1. The molecule has 0 aromatic carbocycles. The molecule has 1 saturated carbocycles. The van der Waals surface area contributed by atoms with E-state index in [0.717, 1.165) is 5.92 Å². The van der Waals surface area contributed by atoms with Gasteiger partial charge in [0.05, 0.1) is 0 Å². The van der Waals surface area contributed by atoms with Gasteiger partial charge >= 0.3 is 0 Å². The van der Waals surface area contributed by atoms with Gasteiger partial charge in [0.25, 0.3) is 0 Å². The number of hydrogen-bond acceptors (Lipinski definition) is 2. The molecule has 1 aliphatic carbocycles. The predicted molar refractivity (Wildman–Crippen MR) is 64.7 cm³/mol. The molecule has 2 aliphatic rings. The third-order valence-electron chi connectivity index (χ3n) is 4.56. The summed E-state index contributed by atoms with van der Waals surface area (Å²) < 4.78 is 0. The van der Waals surface area contributed by atoms with Gasteiger partial charge in [0, 0.05) is 18.6 Å². The minimum Gasteiger partial charge on any atom is -0.326 e. The second-order valence-electron chi connectivity index (χ2n) is 6.36. The van der Waals surface area contributed by atoms with Crippen LogP contribution >= 0.6 is 0 Å². The summed E-state index contributed by atoms with van der Waals surface area (Å²) >= 11 is 0. The topological polar surface area (TPSA) is 29.3 Å².